The van der Waals surface area contributed by atoms with Crippen LogP contribution in [0.15, 0.2) is 24.5 Å². The van der Waals surface area contributed by atoms with E-state index in [1.54, 1.807) is 0 Å². The van der Waals surface area contributed by atoms with Crippen molar-refractivity contribution in [2.45, 2.75) is 44.9 Å². The van der Waals surface area contributed by atoms with Gasteiger partial charge in [0.25, 0.3) is 0 Å². The van der Waals surface area contributed by atoms with Crippen molar-refractivity contribution in [3.63, 3.8) is 0 Å². The van der Waals surface area contributed by atoms with E-state index in [1.807, 2.05) is 0 Å². The standard InChI is InChI=1S/C11H17NO/c1-9-7-11(8-10(2)13-9)12-5-3-4-6-12/h3-6,9-11H,7-8H2,1-2H3. The molecular formula is C11H17NO. The molecule has 2 rings (SSSR count). The summed E-state index contributed by atoms with van der Waals surface area (Å²) in [4.78, 5) is 0. The molecule has 0 saturated carbocycles. The Kier molecular flexibility index (Phi) is 2.40. The third-order valence-electron chi connectivity index (χ3n) is 2.72. The topological polar surface area (TPSA) is 14.2 Å². The maximum absolute atomic E-state index is 5.70. The predicted octanol–water partition coefficient (Wildman–Crippen LogP) is 2.62. The monoisotopic (exact) mass is 179 g/mol. The first kappa shape index (κ1) is 8.82. The van der Waals surface area contributed by atoms with E-state index in [0.717, 1.165) is 12.8 Å². The van der Waals surface area contributed by atoms with Crippen LogP contribution < -0.4 is 0 Å². The van der Waals surface area contributed by atoms with E-state index in [9.17, 15) is 0 Å². The Morgan fingerprint density at radius 2 is 1.62 bits per heavy atom. The Balaban J connectivity index is 2.07. The van der Waals surface area contributed by atoms with Crippen molar-refractivity contribution in [2.75, 3.05) is 0 Å². The van der Waals surface area contributed by atoms with Gasteiger partial charge in [-0.2, -0.15) is 0 Å². The van der Waals surface area contributed by atoms with Crippen molar-refractivity contribution in [3.8, 4) is 0 Å². The van der Waals surface area contributed by atoms with Gasteiger partial charge in [0.15, 0.2) is 0 Å². The smallest absolute Gasteiger partial charge is 0.0570 e. The van der Waals surface area contributed by atoms with Crippen LogP contribution in [0.25, 0.3) is 0 Å². The van der Waals surface area contributed by atoms with E-state index >= 15 is 0 Å². The van der Waals surface area contributed by atoms with Crippen LogP contribution in [0.5, 0.6) is 0 Å². The molecule has 1 saturated heterocycles. The van der Waals surface area contributed by atoms with Gasteiger partial charge in [-0.05, 0) is 38.8 Å². The molecule has 1 fully saturated rings. The molecule has 2 atom stereocenters. The summed E-state index contributed by atoms with van der Waals surface area (Å²) in [7, 11) is 0. The van der Waals surface area contributed by atoms with Gasteiger partial charge >= 0.3 is 0 Å². The molecule has 0 amide bonds. The van der Waals surface area contributed by atoms with Crippen LogP contribution in [0.4, 0.5) is 0 Å². The summed E-state index contributed by atoms with van der Waals surface area (Å²) in [6, 6.07) is 4.81. The van der Waals surface area contributed by atoms with Gasteiger partial charge in [-0.1, -0.05) is 0 Å². The molecule has 1 aromatic heterocycles. The van der Waals surface area contributed by atoms with Gasteiger partial charge in [-0.3, -0.25) is 0 Å². The summed E-state index contributed by atoms with van der Waals surface area (Å²) in [6.45, 7) is 4.32. The summed E-state index contributed by atoms with van der Waals surface area (Å²) < 4.78 is 8.00. The number of aromatic nitrogens is 1. The average Bonchev–Trinajstić information content (AvgIpc) is 2.53. The van der Waals surface area contributed by atoms with Gasteiger partial charge in [0.2, 0.25) is 0 Å². The summed E-state index contributed by atoms with van der Waals surface area (Å²) >= 11 is 0. The number of ether oxygens (including phenoxy) is 1. The molecule has 1 aliphatic heterocycles. The SMILES string of the molecule is CC1CC(n2cccc2)CC(C)O1. The van der Waals surface area contributed by atoms with Crippen molar-refractivity contribution in [3.05, 3.63) is 24.5 Å². The first-order valence-corrected chi connectivity index (χ1v) is 5.03. The van der Waals surface area contributed by atoms with Gasteiger partial charge in [0, 0.05) is 18.4 Å². The highest BCUT2D eigenvalue weighted by Crippen LogP contribution is 2.28. The van der Waals surface area contributed by atoms with Gasteiger partial charge in [0.1, 0.15) is 0 Å². The second-order valence-electron chi connectivity index (χ2n) is 4.01. The predicted molar refractivity (Wildman–Crippen MR) is 52.7 cm³/mol. The molecule has 1 aliphatic rings. The largest absolute Gasteiger partial charge is 0.375 e. The van der Waals surface area contributed by atoms with E-state index in [1.165, 1.54) is 0 Å². The molecular weight excluding hydrogens is 162 g/mol. The number of hydrogen-bond donors (Lipinski definition) is 0. The molecule has 0 bridgehead atoms. The number of nitrogens with zero attached hydrogens (tertiary/aromatic N) is 1. The lowest BCUT2D eigenvalue weighted by atomic mass is 10.00. The van der Waals surface area contributed by atoms with E-state index in [0.29, 0.717) is 18.2 Å². The van der Waals surface area contributed by atoms with E-state index < -0.39 is 0 Å². The highest BCUT2D eigenvalue weighted by atomic mass is 16.5. The molecule has 2 heterocycles. The minimum Gasteiger partial charge on any atom is -0.375 e. The van der Waals surface area contributed by atoms with Crippen LogP contribution in [0.2, 0.25) is 0 Å². The third-order valence-corrected chi connectivity index (χ3v) is 2.72. The molecule has 72 valence electrons. The minimum atomic E-state index is 0.399. The maximum atomic E-state index is 5.70. The molecule has 13 heavy (non-hydrogen) atoms. The molecule has 1 aromatic rings. The highest BCUT2D eigenvalue weighted by Gasteiger charge is 2.24. The van der Waals surface area contributed by atoms with Crippen molar-refractivity contribution < 1.29 is 4.74 Å². The van der Waals surface area contributed by atoms with Crippen molar-refractivity contribution in [2.24, 2.45) is 0 Å². The zero-order chi connectivity index (χ0) is 9.26. The molecule has 2 unspecified atom stereocenters. The quantitative estimate of drug-likeness (QED) is 0.646. The fraction of sp³-hybridized carbons (Fsp3) is 0.636. The van der Waals surface area contributed by atoms with Crippen LogP contribution in [-0.2, 0) is 4.74 Å². The lowest BCUT2D eigenvalue weighted by molar-refractivity contribution is -0.0486. The normalized spacial score (nSPS) is 34.8. The Labute approximate surface area is 79.5 Å². The highest BCUT2D eigenvalue weighted by molar-refractivity contribution is 4.94. The summed E-state index contributed by atoms with van der Waals surface area (Å²) in [5, 5.41) is 0. The van der Waals surface area contributed by atoms with Crippen LogP contribution >= 0.6 is 0 Å². The number of rotatable bonds is 1. The summed E-state index contributed by atoms with van der Waals surface area (Å²) in [6.07, 6.45) is 7.37. The van der Waals surface area contributed by atoms with E-state index in [2.05, 4.69) is 42.9 Å². The van der Waals surface area contributed by atoms with Crippen LogP contribution in [0.3, 0.4) is 0 Å². The molecule has 2 nitrogen and oxygen atoms in total. The average molecular weight is 179 g/mol. The van der Waals surface area contributed by atoms with E-state index in [-0.39, 0.29) is 0 Å². The molecule has 0 spiro atoms. The molecule has 0 aliphatic carbocycles. The fourth-order valence-electron chi connectivity index (χ4n) is 2.20. The lowest BCUT2D eigenvalue weighted by Gasteiger charge is -2.32. The Bertz CT molecular complexity index is 245. The van der Waals surface area contributed by atoms with Gasteiger partial charge in [-0.15, -0.1) is 0 Å². The van der Waals surface area contributed by atoms with E-state index in [4.69, 9.17) is 4.74 Å². The minimum absolute atomic E-state index is 0.399. The first-order chi connectivity index (χ1) is 6.25. The molecule has 2 heteroatoms. The van der Waals surface area contributed by atoms with Gasteiger partial charge in [-0.25, -0.2) is 0 Å². The second-order valence-corrected chi connectivity index (χ2v) is 4.01. The lowest BCUT2D eigenvalue weighted by Crippen LogP contribution is -2.30. The maximum Gasteiger partial charge on any atom is 0.0570 e. The first-order valence-electron chi connectivity index (χ1n) is 5.03. The zero-order valence-electron chi connectivity index (χ0n) is 8.31. The van der Waals surface area contributed by atoms with Crippen LogP contribution in [0.1, 0.15) is 32.7 Å². The fourth-order valence-corrected chi connectivity index (χ4v) is 2.20. The second kappa shape index (κ2) is 3.54. The summed E-state index contributed by atoms with van der Waals surface area (Å²) in [5.74, 6) is 0. The van der Waals surface area contributed by atoms with Crippen molar-refractivity contribution in [1.29, 1.82) is 0 Å². The Morgan fingerprint density at radius 1 is 1.08 bits per heavy atom. The molecule has 0 aromatic carbocycles. The Morgan fingerprint density at radius 3 is 2.15 bits per heavy atom. The third kappa shape index (κ3) is 1.94. The van der Waals surface area contributed by atoms with Crippen LogP contribution in [-0.4, -0.2) is 16.8 Å². The van der Waals surface area contributed by atoms with Gasteiger partial charge in [0.05, 0.1) is 12.2 Å². The summed E-state index contributed by atoms with van der Waals surface area (Å²) in [5.41, 5.74) is 0. The van der Waals surface area contributed by atoms with Crippen LogP contribution in [0, 0.1) is 0 Å². The molecule has 0 N–H and O–H groups in total. The van der Waals surface area contributed by atoms with Crippen molar-refractivity contribution >= 4 is 0 Å². The zero-order valence-corrected chi connectivity index (χ0v) is 8.31. The number of hydrogen-bond acceptors (Lipinski definition) is 1. The Hall–Kier alpha value is -0.760. The molecule has 0 radical (unpaired) electrons. The van der Waals surface area contributed by atoms with Gasteiger partial charge < -0.3 is 9.30 Å². The van der Waals surface area contributed by atoms with Crippen molar-refractivity contribution in [1.82, 2.24) is 4.57 Å².